The van der Waals surface area contributed by atoms with Gasteiger partial charge in [0.1, 0.15) is 6.10 Å². The third-order valence-corrected chi connectivity index (χ3v) is 3.99. The highest BCUT2D eigenvalue weighted by Gasteiger charge is 2.19. The summed E-state index contributed by atoms with van der Waals surface area (Å²) in [7, 11) is 1.28. The summed E-state index contributed by atoms with van der Waals surface area (Å²) in [6, 6.07) is 3.58. The second-order valence-corrected chi connectivity index (χ2v) is 6.93. The normalized spacial score (nSPS) is 13.0. The van der Waals surface area contributed by atoms with Gasteiger partial charge in [0.2, 0.25) is 0 Å². The second-order valence-electron chi connectivity index (χ2n) is 3.95. The first-order valence-electron chi connectivity index (χ1n) is 5.78. The van der Waals surface area contributed by atoms with Crippen LogP contribution in [0, 0.1) is 0 Å². The van der Waals surface area contributed by atoms with Crippen LogP contribution < -0.4 is 0 Å². The Morgan fingerprint density at radius 3 is 2.60 bits per heavy atom. The zero-order chi connectivity index (χ0) is 15.3. The highest BCUT2D eigenvalue weighted by Crippen LogP contribution is 2.23. The lowest BCUT2D eigenvalue weighted by atomic mass is 10.2. The molecule has 1 aromatic carbocycles. The molecule has 112 valence electrons. The van der Waals surface area contributed by atoms with Crippen LogP contribution in [0.1, 0.15) is 24.2 Å². The molecule has 1 unspecified atom stereocenters. The summed E-state index contributed by atoms with van der Waals surface area (Å²) in [5.41, 5.74) is -0.0586. The van der Waals surface area contributed by atoms with Gasteiger partial charge < -0.3 is 9.47 Å². The van der Waals surface area contributed by atoms with Crippen LogP contribution in [0.5, 0.6) is 0 Å². The van der Waals surface area contributed by atoms with E-state index in [4.69, 9.17) is 31.8 Å². The fourth-order valence-electron chi connectivity index (χ4n) is 1.38. The molecule has 0 aromatic heterocycles. The van der Waals surface area contributed by atoms with E-state index in [0.29, 0.717) is 6.61 Å². The van der Waals surface area contributed by atoms with Crippen molar-refractivity contribution in [2.45, 2.75) is 24.8 Å². The van der Waals surface area contributed by atoms with Gasteiger partial charge in [-0.1, -0.05) is 11.6 Å². The van der Waals surface area contributed by atoms with Crippen LogP contribution in [0.25, 0.3) is 0 Å². The Bertz CT molecular complexity index is 586. The Balaban J connectivity index is 2.93. The Hall–Kier alpha value is -0.820. The maximum absolute atomic E-state index is 11.9. The molecule has 0 heterocycles. The molecule has 1 atom stereocenters. The molecule has 1 rings (SSSR count). The summed E-state index contributed by atoms with van der Waals surface area (Å²) in [6.45, 7) is 4.22. The Morgan fingerprint density at radius 1 is 1.40 bits per heavy atom. The van der Waals surface area contributed by atoms with Gasteiger partial charge in [-0.05, 0) is 32.0 Å². The molecule has 8 heteroatoms. The van der Waals surface area contributed by atoms with Crippen molar-refractivity contribution < 1.29 is 22.7 Å². The number of benzene rings is 1. The standard InChI is InChI=1S/C12H14Cl2O5S/c1-3-18-7-8(2)19-12(15)10-6-9(20(14,16)17)4-5-11(10)13/h4-6,8H,3,7H2,1-2H3. The van der Waals surface area contributed by atoms with Gasteiger partial charge in [-0.3, -0.25) is 0 Å². The largest absolute Gasteiger partial charge is 0.457 e. The maximum atomic E-state index is 11.9. The number of rotatable bonds is 6. The number of esters is 1. The quantitative estimate of drug-likeness (QED) is 0.588. The van der Waals surface area contributed by atoms with E-state index in [9.17, 15) is 13.2 Å². The number of hydrogen-bond acceptors (Lipinski definition) is 5. The molecule has 0 saturated heterocycles. The lowest BCUT2D eigenvalue weighted by molar-refractivity contribution is 0.00439. The highest BCUT2D eigenvalue weighted by molar-refractivity contribution is 8.13. The molecule has 0 fully saturated rings. The molecule has 0 radical (unpaired) electrons. The van der Waals surface area contributed by atoms with E-state index in [1.165, 1.54) is 12.1 Å². The maximum Gasteiger partial charge on any atom is 0.340 e. The van der Waals surface area contributed by atoms with Crippen LogP contribution >= 0.6 is 22.3 Å². The monoisotopic (exact) mass is 340 g/mol. The minimum absolute atomic E-state index is 0.0586. The van der Waals surface area contributed by atoms with E-state index in [0.717, 1.165) is 6.07 Å². The summed E-state index contributed by atoms with van der Waals surface area (Å²) < 4.78 is 32.7. The first kappa shape index (κ1) is 17.2. The van der Waals surface area contributed by atoms with E-state index >= 15 is 0 Å². The summed E-state index contributed by atoms with van der Waals surface area (Å²) in [4.78, 5) is 11.7. The molecule has 5 nitrogen and oxygen atoms in total. The van der Waals surface area contributed by atoms with Gasteiger partial charge in [0.25, 0.3) is 9.05 Å². The van der Waals surface area contributed by atoms with E-state index in [1.54, 1.807) is 6.92 Å². The zero-order valence-electron chi connectivity index (χ0n) is 10.9. The molecule has 0 amide bonds. The Labute approximate surface area is 127 Å². The van der Waals surface area contributed by atoms with Crippen molar-refractivity contribution >= 4 is 37.3 Å². The van der Waals surface area contributed by atoms with Gasteiger partial charge in [-0.25, -0.2) is 13.2 Å². The fraction of sp³-hybridized carbons (Fsp3) is 0.417. The molecule has 0 N–H and O–H groups in total. The SMILES string of the molecule is CCOCC(C)OC(=O)c1cc(S(=O)(=O)Cl)ccc1Cl. The lowest BCUT2D eigenvalue weighted by Gasteiger charge is -2.13. The molecule has 0 saturated carbocycles. The molecular formula is C12H14Cl2O5S. The van der Waals surface area contributed by atoms with Gasteiger partial charge >= 0.3 is 5.97 Å². The van der Waals surface area contributed by atoms with Gasteiger partial charge in [0.05, 0.1) is 22.1 Å². The van der Waals surface area contributed by atoms with Gasteiger partial charge in [-0.2, -0.15) is 0 Å². The topological polar surface area (TPSA) is 69.7 Å². The van der Waals surface area contributed by atoms with Crippen LogP contribution in [0.2, 0.25) is 5.02 Å². The number of hydrogen-bond donors (Lipinski definition) is 0. The van der Waals surface area contributed by atoms with Crippen LogP contribution in [0.4, 0.5) is 0 Å². The van der Waals surface area contributed by atoms with Crippen molar-refractivity contribution in [3.8, 4) is 0 Å². The molecule has 0 aliphatic heterocycles. The first-order chi connectivity index (χ1) is 9.25. The summed E-state index contributed by atoms with van der Waals surface area (Å²) in [5, 5.41) is 0.0858. The second kappa shape index (κ2) is 7.26. The van der Waals surface area contributed by atoms with Crippen molar-refractivity contribution in [1.82, 2.24) is 0 Å². The van der Waals surface area contributed by atoms with E-state index < -0.39 is 21.1 Å². The first-order valence-corrected chi connectivity index (χ1v) is 8.47. The minimum atomic E-state index is -3.94. The summed E-state index contributed by atoms with van der Waals surface area (Å²) in [6.07, 6.45) is -0.477. The Kier molecular flexibility index (Phi) is 6.26. The average Bonchev–Trinajstić information content (AvgIpc) is 2.35. The smallest absolute Gasteiger partial charge is 0.340 e. The van der Waals surface area contributed by atoms with E-state index in [-0.39, 0.29) is 22.1 Å². The molecule has 20 heavy (non-hydrogen) atoms. The molecule has 0 spiro atoms. The van der Waals surface area contributed by atoms with Crippen molar-refractivity contribution in [2.24, 2.45) is 0 Å². The summed E-state index contributed by atoms with van der Waals surface area (Å²) in [5.74, 6) is -0.732. The van der Waals surface area contributed by atoms with Crippen LogP contribution in [-0.4, -0.2) is 33.7 Å². The van der Waals surface area contributed by atoms with Crippen molar-refractivity contribution in [3.63, 3.8) is 0 Å². The van der Waals surface area contributed by atoms with Crippen LogP contribution in [0.3, 0.4) is 0 Å². The molecule has 0 aliphatic rings. The zero-order valence-corrected chi connectivity index (χ0v) is 13.3. The third-order valence-electron chi connectivity index (χ3n) is 2.30. The third kappa shape index (κ3) is 4.94. The van der Waals surface area contributed by atoms with Gasteiger partial charge in [-0.15, -0.1) is 0 Å². The summed E-state index contributed by atoms with van der Waals surface area (Å²) >= 11 is 5.86. The van der Waals surface area contributed by atoms with Crippen molar-refractivity contribution in [3.05, 3.63) is 28.8 Å². The number of carbonyl (C=O) groups is 1. The highest BCUT2D eigenvalue weighted by atomic mass is 35.7. The molecule has 1 aromatic rings. The van der Waals surface area contributed by atoms with Gasteiger partial charge in [0.15, 0.2) is 0 Å². The average molecular weight is 341 g/mol. The number of carbonyl (C=O) groups excluding carboxylic acids is 1. The minimum Gasteiger partial charge on any atom is -0.457 e. The lowest BCUT2D eigenvalue weighted by Crippen LogP contribution is -2.20. The van der Waals surface area contributed by atoms with Crippen molar-refractivity contribution in [2.75, 3.05) is 13.2 Å². The van der Waals surface area contributed by atoms with E-state index in [2.05, 4.69) is 0 Å². The van der Waals surface area contributed by atoms with E-state index in [1.807, 2.05) is 6.92 Å². The predicted molar refractivity (Wildman–Crippen MR) is 75.9 cm³/mol. The van der Waals surface area contributed by atoms with Gasteiger partial charge in [0, 0.05) is 17.3 Å². The van der Waals surface area contributed by atoms with Crippen molar-refractivity contribution in [1.29, 1.82) is 0 Å². The van der Waals surface area contributed by atoms with Crippen LogP contribution in [-0.2, 0) is 18.5 Å². The fourth-order valence-corrected chi connectivity index (χ4v) is 2.35. The Morgan fingerprint density at radius 2 is 2.05 bits per heavy atom. The van der Waals surface area contributed by atoms with Crippen LogP contribution in [0.15, 0.2) is 23.1 Å². The molecular weight excluding hydrogens is 327 g/mol. The number of halogens is 2. The molecule has 0 bridgehead atoms. The molecule has 0 aliphatic carbocycles. The number of ether oxygens (including phenoxy) is 2. The predicted octanol–water partition coefficient (Wildman–Crippen LogP) is 2.85.